The zero-order valence-corrected chi connectivity index (χ0v) is 9.44. The number of hydrogen-bond donors (Lipinski definition) is 4. The molecule has 2 amide bonds. The van der Waals surface area contributed by atoms with Crippen LogP contribution in [0, 0.1) is 0 Å². The molecule has 0 bridgehead atoms. The fraction of sp³-hybridized carbons (Fsp3) is 0.700. The molecule has 96 valence electrons. The van der Waals surface area contributed by atoms with Gasteiger partial charge < -0.3 is 21.5 Å². The molecule has 0 aromatic carbocycles. The fourth-order valence-electron chi connectivity index (χ4n) is 1.72. The van der Waals surface area contributed by atoms with Crippen molar-refractivity contribution in [2.45, 2.75) is 37.8 Å². The minimum atomic E-state index is -1.16. The molecule has 0 spiro atoms. The molecule has 0 aromatic rings. The van der Waals surface area contributed by atoms with E-state index < -0.39 is 17.9 Å². The van der Waals surface area contributed by atoms with Gasteiger partial charge in [0, 0.05) is 6.42 Å². The molecule has 1 rings (SSSR count). The Labute approximate surface area is 98.7 Å². The molecule has 1 aliphatic rings. The number of rotatable bonds is 6. The quantitative estimate of drug-likeness (QED) is 0.456. The Bertz CT molecular complexity index is 313. The van der Waals surface area contributed by atoms with Gasteiger partial charge in [-0.25, -0.2) is 4.79 Å². The molecule has 1 fully saturated rings. The van der Waals surface area contributed by atoms with Crippen LogP contribution in [-0.4, -0.2) is 41.5 Å². The minimum absolute atomic E-state index is 0.0170. The molecule has 0 saturated carbocycles. The highest BCUT2D eigenvalue weighted by molar-refractivity contribution is 5.87. The van der Waals surface area contributed by atoms with Crippen molar-refractivity contribution in [3.8, 4) is 0 Å². The van der Waals surface area contributed by atoms with Crippen molar-refractivity contribution in [3.63, 3.8) is 0 Å². The smallest absolute Gasteiger partial charge is 0.326 e. The second kappa shape index (κ2) is 6.19. The van der Waals surface area contributed by atoms with Crippen LogP contribution in [0.3, 0.4) is 0 Å². The molecule has 7 heteroatoms. The number of carboxylic acid groups (broad SMARTS) is 1. The highest BCUT2D eigenvalue weighted by Crippen LogP contribution is 2.06. The summed E-state index contributed by atoms with van der Waals surface area (Å²) in [4.78, 5) is 33.1. The lowest BCUT2D eigenvalue weighted by molar-refractivity contribution is -0.142. The van der Waals surface area contributed by atoms with Crippen LogP contribution in [0.1, 0.15) is 25.7 Å². The zero-order valence-electron chi connectivity index (χ0n) is 9.44. The van der Waals surface area contributed by atoms with Crippen molar-refractivity contribution in [1.29, 1.82) is 0 Å². The van der Waals surface area contributed by atoms with Gasteiger partial charge in [0.25, 0.3) is 0 Å². The van der Waals surface area contributed by atoms with Crippen LogP contribution in [0.4, 0.5) is 0 Å². The van der Waals surface area contributed by atoms with Crippen molar-refractivity contribution >= 4 is 17.8 Å². The van der Waals surface area contributed by atoms with Crippen LogP contribution in [-0.2, 0) is 14.4 Å². The SMILES string of the molecule is NC(=O)CC[C@@H](NC(=O)C1CCCN1)C(=O)O. The van der Waals surface area contributed by atoms with E-state index in [0.717, 1.165) is 13.0 Å². The van der Waals surface area contributed by atoms with E-state index in [4.69, 9.17) is 10.8 Å². The predicted molar refractivity (Wildman–Crippen MR) is 59.0 cm³/mol. The summed E-state index contributed by atoms with van der Waals surface area (Å²) in [6.07, 6.45) is 1.56. The molecule has 2 atom stereocenters. The molecule has 1 saturated heterocycles. The second-order valence-electron chi connectivity index (χ2n) is 4.05. The molecular weight excluding hydrogens is 226 g/mol. The van der Waals surface area contributed by atoms with Gasteiger partial charge in [-0.2, -0.15) is 0 Å². The number of hydrogen-bond acceptors (Lipinski definition) is 4. The Morgan fingerprint density at radius 3 is 2.65 bits per heavy atom. The van der Waals surface area contributed by atoms with Gasteiger partial charge in [-0.1, -0.05) is 0 Å². The first-order valence-corrected chi connectivity index (χ1v) is 5.55. The number of aliphatic carboxylic acids is 1. The summed E-state index contributed by atoms with van der Waals surface area (Å²) in [5, 5.41) is 14.3. The summed E-state index contributed by atoms with van der Waals surface area (Å²) in [5.74, 6) is -2.07. The summed E-state index contributed by atoms with van der Waals surface area (Å²) in [6.45, 7) is 0.761. The molecule has 1 heterocycles. The standard InChI is InChI=1S/C10H17N3O4/c11-8(14)4-3-7(10(16)17)13-9(15)6-2-1-5-12-6/h6-7,12H,1-5H2,(H2,11,14)(H,13,15)(H,16,17)/t6?,7-/m1/s1. The van der Waals surface area contributed by atoms with Crippen LogP contribution in [0.25, 0.3) is 0 Å². The van der Waals surface area contributed by atoms with Crippen LogP contribution >= 0.6 is 0 Å². The van der Waals surface area contributed by atoms with E-state index in [2.05, 4.69) is 10.6 Å². The van der Waals surface area contributed by atoms with E-state index in [9.17, 15) is 14.4 Å². The van der Waals surface area contributed by atoms with Crippen LogP contribution in [0.2, 0.25) is 0 Å². The van der Waals surface area contributed by atoms with Crippen molar-refractivity contribution in [1.82, 2.24) is 10.6 Å². The molecule has 17 heavy (non-hydrogen) atoms. The Morgan fingerprint density at radius 1 is 1.47 bits per heavy atom. The normalized spacial score (nSPS) is 20.8. The van der Waals surface area contributed by atoms with Gasteiger partial charge in [0.05, 0.1) is 6.04 Å². The van der Waals surface area contributed by atoms with Gasteiger partial charge in [-0.3, -0.25) is 9.59 Å². The van der Waals surface area contributed by atoms with E-state index in [-0.39, 0.29) is 24.8 Å². The maximum Gasteiger partial charge on any atom is 0.326 e. The summed E-state index contributed by atoms with van der Waals surface area (Å²) in [5.41, 5.74) is 4.94. The Hall–Kier alpha value is -1.63. The lowest BCUT2D eigenvalue weighted by Gasteiger charge is -2.16. The largest absolute Gasteiger partial charge is 0.480 e. The van der Waals surface area contributed by atoms with E-state index in [1.54, 1.807) is 0 Å². The van der Waals surface area contributed by atoms with E-state index in [1.165, 1.54) is 0 Å². The van der Waals surface area contributed by atoms with E-state index in [1.807, 2.05) is 0 Å². The van der Waals surface area contributed by atoms with Crippen LogP contribution < -0.4 is 16.4 Å². The molecule has 7 nitrogen and oxygen atoms in total. The number of primary amides is 1. The lowest BCUT2D eigenvalue weighted by Crippen LogP contribution is -2.48. The Morgan fingerprint density at radius 2 is 2.18 bits per heavy atom. The first-order chi connectivity index (χ1) is 8.00. The first-order valence-electron chi connectivity index (χ1n) is 5.55. The topological polar surface area (TPSA) is 122 Å². The van der Waals surface area contributed by atoms with Crippen molar-refractivity contribution in [3.05, 3.63) is 0 Å². The van der Waals surface area contributed by atoms with Gasteiger partial charge in [0.15, 0.2) is 0 Å². The third-order valence-corrected chi connectivity index (χ3v) is 2.67. The molecule has 5 N–H and O–H groups in total. The highest BCUT2D eigenvalue weighted by atomic mass is 16.4. The summed E-state index contributed by atoms with van der Waals surface area (Å²) in [6, 6.07) is -1.39. The maximum atomic E-state index is 11.7. The Kier molecular flexibility index (Phi) is 4.89. The van der Waals surface area contributed by atoms with Gasteiger partial charge >= 0.3 is 5.97 Å². The molecule has 1 aliphatic heterocycles. The highest BCUT2D eigenvalue weighted by Gasteiger charge is 2.27. The summed E-state index contributed by atoms with van der Waals surface area (Å²) >= 11 is 0. The van der Waals surface area contributed by atoms with E-state index >= 15 is 0 Å². The second-order valence-corrected chi connectivity index (χ2v) is 4.05. The van der Waals surface area contributed by atoms with Gasteiger partial charge in [0.2, 0.25) is 11.8 Å². The van der Waals surface area contributed by atoms with Gasteiger partial charge in [-0.15, -0.1) is 0 Å². The van der Waals surface area contributed by atoms with E-state index in [0.29, 0.717) is 6.42 Å². The first kappa shape index (κ1) is 13.4. The van der Waals surface area contributed by atoms with Crippen molar-refractivity contribution < 1.29 is 19.5 Å². The number of carboxylic acids is 1. The molecule has 0 aliphatic carbocycles. The predicted octanol–water partition coefficient (Wildman–Crippen LogP) is -1.43. The summed E-state index contributed by atoms with van der Waals surface area (Å²) in [7, 11) is 0. The van der Waals surface area contributed by atoms with Gasteiger partial charge in [-0.05, 0) is 25.8 Å². The van der Waals surface area contributed by atoms with Gasteiger partial charge in [0.1, 0.15) is 6.04 Å². The maximum absolute atomic E-state index is 11.7. The fourth-order valence-corrected chi connectivity index (χ4v) is 1.72. The average Bonchev–Trinajstić information content (AvgIpc) is 2.76. The average molecular weight is 243 g/mol. The molecular formula is C10H17N3O4. The number of carbonyl (C=O) groups excluding carboxylic acids is 2. The van der Waals surface area contributed by atoms with Crippen molar-refractivity contribution in [2.24, 2.45) is 5.73 Å². The monoisotopic (exact) mass is 243 g/mol. The van der Waals surface area contributed by atoms with Crippen LogP contribution in [0.5, 0.6) is 0 Å². The number of carbonyl (C=O) groups is 3. The molecule has 1 unspecified atom stereocenters. The zero-order chi connectivity index (χ0) is 12.8. The molecule has 0 radical (unpaired) electrons. The third-order valence-electron chi connectivity index (χ3n) is 2.67. The third kappa shape index (κ3) is 4.39. The lowest BCUT2D eigenvalue weighted by atomic mass is 10.1. The number of nitrogens with two attached hydrogens (primary N) is 1. The number of nitrogens with one attached hydrogen (secondary N) is 2. The summed E-state index contributed by atoms with van der Waals surface area (Å²) < 4.78 is 0. The van der Waals surface area contributed by atoms with Crippen molar-refractivity contribution in [2.75, 3.05) is 6.54 Å². The van der Waals surface area contributed by atoms with Crippen LogP contribution in [0.15, 0.2) is 0 Å². The molecule has 0 aromatic heterocycles. The Balaban J connectivity index is 2.44. The minimum Gasteiger partial charge on any atom is -0.480 e. The number of amides is 2.